The second-order valence-corrected chi connectivity index (χ2v) is 14.5. The molecule has 0 unspecified atom stereocenters. The smallest absolute Gasteiger partial charge is 0.326 e. The molecule has 19 heteroatoms. The zero-order valence-corrected chi connectivity index (χ0v) is 35.9. The van der Waals surface area contributed by atoms with Crippen LogP contribution in [0.1, 0.15) is 135 Å². The molecule has 0 fully saturated rings. The van der Waals surface area contributed by atoms with Crippen LogP contribution < -0.4 is 26.7 Å². The highest BCUT2D eigenvalue weighted by molar-refractivity contribution is 5.84. The molecule has 0 aliphatic rings. The summed E-state index contributed by atoms with van der Waals surface area (Å²) >= 11 is 0. The van der Waals surface area contributed by atoms with Crippen LogP contribution in [0.4, 0.5) is 0 Å². The van der Waals surface area contributed by atoms with E-state index in [9.17, 15) is 39.0 Å². The van der Waals surface area contributed by atoms with Gasteiger partial charge in [-0.2, -0.15) is 5.10 Å². The first-order chi connectivity index (χ1) is 29.0. The quantitative estimate of drug-likeness (QED) is 0.0189. The Morgan fingerprint density at radius 3 is 1.42 bits per heavy atom. The largest absolute Gasteiger partial charge is 0.481 e. The number of nitrogens with zero attached hydrogens (tertiary/aromatic N) is 1. The van der Waals surface area contributed by atoms with Gasteiger partial charge in [0.15, 0.2) is 0 Å². The fourth-order valence-electron chi connectivity index (χ4n) is 5.83. The molecule has 0 aliphatic carbocycles. The summed E-state index contributed by atoms with van der Waals surface area (Å²) in [5.41, 5.74) is 2.43. The number of hydrazone groups is 1. The van der Waals surface area contributed by atoms with Gasteiger partial charge in [0.2, 0.25) is 23.6 Å². The fraction of sp³-hybridized carbons (Fsp3) is 0.829. The van der Waals surface area contributed by atoms with Gasteiger partial charge in [-0.1, -0.05) is 77.0 Å². The van der Waals surface area contributed by atoms with Crippen LogP contribution in [0.3, 0.4) is 0 Å². The van der Waals surface area contributed by atoms with E-state index in [0.717, 1.165) is 38.5 Å². The zero-order valence-electron chi connectivity index (χ0n) is 35.9. The molecular formula is C41H76N6O13. The number of aliphatic hydroxyl groups excluding tert-OH is 1. The number of hydrogen-bond donors (Lipinski definition) is 8. The number of carbonyl (C=O) groups excluding carboxylic acids is 4. The molecule has 2 atom stereocenters. The number of rotatable bonds is 45. The second-order valence-electron chi connectivity index (χ2n) is 14.5. The molecule has 0 spiro atoms. The number of hydrogen-bond acceptors (Lipinski definition) is 13. The summed E-state index contributed by atoms with van der Waals surface area (Å²) in [6, 6.07) is -1.14. The number of ether oxygens (including phenoxy) is 4. The first kappa shape index (κ1) is 56.1. The van der Waals surface area contributed by atoms with Gasteiger partial charge in [0.25, 0.3) is 0 Å². The Bertz CT molecular complexity index is 1150. The van der Waals surface area contributed by atoms with E-state index in [2.05, 4.69) is 38.5 Å². The van der Waals surface area contributed by atoms with Crippen LogP contribution in [0, 0.1) is 0 Å². The van der Waals surface area contributed by atoms with E-state index in [-0.39, 0.29) is 115 Å². The van der Waals surface area contributed by atoms with Crippen molar-refractivity contribution in [1.29, 1.82) is 0 Å². The third kappa shape index (κ3) is 40.9. The van der Waals surface area contributed by atoms with Crippen LogP contribution in [-0.4, -0.2) is 142 Å². The van der Waals surface area contributed by atoms with E-state index in [0.29, 0.717) is 32.2 Å². The van der Waals surface area contributed by atoms with Crippen LogP contribution in [-0.2, 0) is 47.7 Å². The van der Waals surface area contributed by atoms with Crippen molar-refractivity contribution < 1.29 is 63.0 Å². The normalized spacial score (nSPS) is 11.9. The minimum absolute atomic E-state index is 0.0270. The molecule has 0 saturated carbocycles. The summed E-state index contributed by atoms with van der Waals surface area (Å²) in [5, 5.41) is 41.6. The third-order valence-electron chi connectivity index (χ3n) is 9.15. The summed E-state index contributed by atoms with van der Waals surface area (Å²) < 4.78 is 21.3. The van der Waals surface area contributed by atoms with Crippen LogP contribution >= 0.6 is 0 Å². The predicted octanol–water partition coefficient (Wildman–Crippen LogP) is 2.77. The maximum Gasteiger partial charge on any atom is 0.326 e. The summed E-state index contributed by atoms with van der Waals surface area (Å²) in [4.78, 5) is 70.3. The van der Waals surface area contributed by atoms with E-state index in [1.165, 1.54) is 44.9 Å². The number of unbranched alkanes of at least 4 members (excludes halogenated alkanes) is 14. The minimum atomic E-state index is -1.18. The molecule has 0 aliphatic heterocycles. The highest BCUT2D eigenvalue weighted by Gasteiger charge is 2.20. The van der Waals surface area contributed by atoms with Gasteiger partial charge in [-0.3, -0.25) is 29.4 Å². The molecule has 0 aromatic heterocycles. The molecule has 0 rings (SSSR count). The lowest BCUT2D eigenvalue weighted by Crippen LogP contribution is -2.41. The van der Waals surface area contributed by atoms with Crippen molar-refractivity contribution in [3.05, 3.63) is 0 Å². The van der Waals surface area contributed by atoms with Crippen molar-refractivity contribution in [3.8, 4) is 0 Å². The molecule has 0 saturated heterocycles. The van der Waals surface area contributed by atoms with Gasteiger partial charge in [0.05, 0.1) is 39.6 Å². The first-order valence-corrected chi connectivity index (χ1v) is 21.8. The molecule has 60 heavy (non-hydrogen) atoms. The van der Waals surface area contributed by atoms with Crippen molar-refractivity contribution >= 4 is 42.3 Å². The molecule has 4 amide bonds. The molecular weight excluding hydrogens is 784 g/mol. The van der Waals surface area contributed by atoms with Crippen LogP contribution in [0.25, 0.3) is 0 Å². The molecule has 0 bridgehead atoms. The molecule has 0 radical (unpaired) electrons. The van der Waals surface area contributed by atoms with E-state index in [1.807, 2.05) is 0 Å². The Morgan fingerprint density at radius 1 is 0.483 bits per heavy atom. The van der Waals surface area contributed by atoms with Crippen LogP contribution in [0.5, 0.6) is 0 Å². The minimum Gasteiger partial charge on any atom is -0.481 e. The van der Waals surface area contributed by atoms with Gasteiger partial charge in [-0.05, 0) is 38.5 Å². The summed E-state index contributed by atoms with van der Waals surface area (Å²) in [6.45, 7) is 5.24. The molecule has 0 heterocycles. The Labute approximate surface area is 356 Å². The number of nitrogens with one attached hydrogen (secondary N) is 5. The number of amides is 4. The summed E-state index contributed by atoms with van der Waals surface area (Å²) in [6.07, 6.45) is 16.6. The fourth-order valence-corrected chi connectivity index (χ4v) is 5.83. The van der Waals surface area contributed by atoms with Crippen molar-refractivity contribution in [2.75, 3.05) is 72.5 Å². The second kappa shape index (κ2) is 41.8. The van der Waals surface area contributed by atoms with Gasteiger partial charge in [-0.15, -0.1) is 0 Å². The molecule has 348 valence electrons. The summed E-state index contributed by atoms with van der Waals surface area (Å²) in [5.74, 6) is -3.15. The Morgan fingerprint density at radius 2 is 0.933 bits per heavy atom. The topological polar surface area (TPSA) is 273 Å². The maximum absolute atomic E-state index is 12.3. The lowest BCUT2D eigenvalue weighted by molar-refractivity contribution is -0.142. The molecule has 0 aromatic carbocycles. The number of carboxylic acid groups (broad SMARTS) is 2. The van der Waals surface area contributed by atoms with Gasteiger partial charge in [0, 0.05) is 45.6 Å². The maximum atomic E-state index is 12.3. The predicted molar refractivity (Wildman–Crippen MR) is 225 cm³/mol. The number of carbonyl (C=O) groups is 6. The van der Waals surface area contributed by atoms with Crippen LogP contribution in [0.2, 0.25) is 0 Å². The van der Waals surface area contributed by atoms with E-state index in [1.54, 1.807) is 0 Å². The highest BCUT2D eigenvalue weighted by Crippen LogP contribution is 2.14. The van der Waals surface area contributed by atoms with Gasteiger partial charge in [0.1, 0.15) is 25.5 Å². The van der Waals surface area contributed by atoms with Crippen molar-refractivity contribution in [2.24, 2.45) is 5.10 Å². The molecule has 0 aromatic rings. The van der Waals surface area contributed by atoms with Crippen molar-refractivity contribution in [1.82, 2.24) is 26.7 Å². The molecule has 19 nitrogen and oxygen atoms in total. The standard InChI is InChI=1S/C41H76N6O13/c1-42-47-37(50)19-16-17-23-43-38(51)32-59-30-29-58-27-25-45-39(52)33-60-31-28-57-26-24-44-35(48)22-21-34(41(55)56)46-36(49)18-14-12-10-8-6-4-2-3-5-7-9-11-13-15-20-40(53)54/h34,37,47,50H,1-33H2,(H,43,51)(H,44,48)(H,45,52)(H,46,49)(H,53,54)(H,55,56)/t34-,37+/m0/s1. The van der Waals surface area contributed by atoms with Crippen LogP contribution in [0.15, 0.2) is 5.10 Å². The van der Waals surface area contributed by atoms with E-state index >= 15 is 0 Å². The lowest BCUT2D eigenvalue weighted by Gasteiger charge is -2.14. The first-order valence-electron chi connectivity index (χ1n) is 21.8. The zero-order chi connectivity index (χ0) is 44.3. The molecule has 8 N–H and O–H groups in total. The van der Waals surface area contributed by atoms with Gasteiger partial charge >= 0.3 is 11.9 Å². The van der Waals surface area contributed by atoms with Crippen molar-refractivity contribution in [3.63, 3.8) is 0 Å². The third-order valence-corrected chi connectivity index (χ3v) is 9.15. The lowest BCUT2D eigenvalue weighted by atomic mass is 10.0. The number of aliphatic hydroxyl groups is 1. The van der Waals surface area contributed by atoms with E-state index < -0.39 is 24.2 Å². The Balaban J connectivity index is 3.64. The van der Waals surface area contributed by atoms with Crippen molar-refractivity contribution in [2.45, 2.75) is 147 Å². The van der Waals surface area contributed by atoms with Gasteiger partial charge in [-0.25, -0.2) is 4.79 Å². The van der Waals surface area contributed by atoms with E-state index in [4.69, 9.17) is 24.1 Å². The Kier molecular flexibility index (Phi) is 39.1. The SMILES string of the molecule is C=NN[C@H](O)CCCCNC(=O)COCCOCCNC(=O)COCCOCCNC(=O)CC[C@H](NC(=O)CCCCCCCCCCCCCCCCC(=O)O)C(=O)O. The highest BCUT2D eigenvalue weighted by atomic mass is 16.5. The Hall–Kier alpha value is -3.91. The van der Waals surface area contributed by atoms with Gasteiger partial charge < -0.3 is 55.5 Å². The average Bonchev–Trinajstić information content (AvgIpc) is 3.20. The number of aliphatic carboxylic acids is 2. The monoisotopic (exact) mass is 861 g/mol. The summed E-state index contributed by atoms with van der Waals surface area (Å²) in [7, 11) is 0. The number of carboxylic acids is 2. The average molecular weight is 861 g/mol.